The molecule has 1 fully saturated rings. The average Bonchev–Trinajstić information content (AvgIpc) is 3.66. The van der Waals surface area contributed by atoms with Crippen LogP contribution in [0.3, 0.4) is 0 Å². The summed E-state index contributed by atoms with van der Waals surface area (Å²) in [5.74, 6) is -0.159. The minimum Gasteiger partial charge on any atom is -0.299 e. The van der Waals surface area contributed by atoms with E-state index in [0.29, 0.717) is 5.70 Å². The van der Waals surface area contributed by atoms with Crippen molar-refractivity contribution in [2.75, 3.05) is 0 Å². The molecule has 0 saturated heterocycles. The standard InChI is InChI=1S/C30H26N2O/c1-22(23-17-19-25(20-18-23)24-11-5-2-6-12-24)31-32-29(33)28-21-30(28,26-13-7-3-8-14-26)27-15-9-4-10-16-27/h2-20,28,31H,1,21H2,(H,32,33)/t28-/m0/s1. The predicted octanol–water partition coefficient (Wildman–Crippen LogP) is 5.95. The third-order valence-corrected chi connectivity index (χ3v) is 6.53. The molecule has 3 heteroatoms. The van der Waals surface area contributed by atoms with Crippen molar-refractivity contribution in [3.05, 3.63) is 139 Å². The summed E-state index contributed by atoms with van der Waals surface area (Å²) in [5, 5.41) is 0. The molecule has 3 nitrogen and oxygen atoms in total. The molecule has 1 saturated carbocycles. The molecule has 1 atom stereocenters. The van der Waals surface area contributed by atoms with Crippen molar-refractivity contribution >= 4 is 11.6 Å². The first kappa shape index (κ1) is 20.8. The molecule has 0 heterocycles. The molecule has 1 aliphatic carbocycles. The summed E-state index contributed by atoms with van der Waals surface area (Å²) in [7, 11) is 0. The van der Waals surface area contributed by atoms with Gasteiger partial charge in [0.1, 0.15) is 0 Å². The Bertz CT molecular complexity index is 1210. The van der Waals surface area contributed by atoms with Crippen LogP contribution in [0, 0.1) is 5.92 Å². The smallest absolute Gasteiger partial charge is 0.242 e. The highest BCUT2D eigenvalue weighted by Crippen LogP contribution is 2.58. The average molecular weight is 431 g/mol. The summed E-state index contributed by atoms with van der Waals surface area (Å²) < 4.78 is 0. The van der Waals surface area contributed by atoms with E-state index >= 15 is 0 Å². The topological polar surface area (TPSA) is 41.1 Å². The van der Waals surface area contributed by atoms with Gasteiger partial charge in [0, 0.05) is 5.41 Å². The van der Waals surface area contributed by atoms with Gasteiger partial charge in [-0.25, -0.2) is 0 Å². The van der Waals surface area contributed by atoms with Crippen LogP contribution in [0.1, 0.15) is 23.1 Å². The Labute approximate surface area is 194 Å². The number of hydrazine groups is 1. The summed E-state index contributed by atoms with van der Waals surface area (Å²) in [4.78, 5) is 13.1. The quantitative estimate of drug-likeness (QED) is 0.356. The van der Waals surface area contributed by atoms with Crippen LogP contribution in [-0.2, 0) is 10.2 Å². The Morgan fingerprint density at radius 2 is 1.15 bits per heavy atom. The van der Waals surface area contributed by atoms with Crippen LogP contribution in [-0.4, -0.2) is 5.91 Å². The summed E-state index contributed by atoms with van der Waals surface area (Å²) >= 11 is 0. The lowest BCUT2D eigenvalue weighted by atomic mass is 9.85. The van der Waals surface area contributed by atoms with Crippen LogP contribution in [0.5, 0.6) is 0 Å². The van der Waals surface area contributed by atoms with E-state index in [2.05, 4.69) is 66.0 Å². The van der Waals surface area contributed by atoms with E-state index in [9.17, 15) is 4.79 Å². The molecule has 5 rings (SSSR count). The zero-order chi connectivity index (χ0) is 22.7. The first-order valence-corrected chi connectivity index (χ1v) is 11.2. The third-order valence-electron chi connectivity index (χ3n) is 6.53. The lowest BCUT2D eigenvalue weighted by molar-refractivity contribution is -0.123. The van der Waals surface area contributed by atoms with Gasteiger partial charge in [-0.05, 0) is 34.2 Å². The van der Waals surface area contributed by atoms with Gasteiger partial charge in [0.15, 0.2) is 0 Å². The fourth-order valence-corrected chi connectivity index (χ4v) is 4.65. The highest BCUT2D eigenvalue weighted by Gasteiger charge is 2.60. The van der Waals surface area contributed by atoms with E-state index in [-0.39, 0.29) is 17.2 Å². The fourth-order valence-electron chi connectivity index (χ4n) is 4.65. The van der Waals surface area contributed by atoms with E-state index in [0.717, 1.165) is 17.5 Å². The van der Waals surface area contributed by atoms with Gasteiger partial charge in [-0.3, -0.25) is 15.6 Å². The number of nitrogens with one attached hydrogen (secondary N) is 2. The molecular weight excluding hydrogens is 404 g/mol. The van der Waals surface area contributed by atoms with Gasteiger partial charge >= 0.3 is 0 Å². The van der Waals surface area contributed by atoms with E-state index in [1.807, 2.05) is 66.7 Å². The summed E-state index contributed by atoms with van der Waals surface area (Å²) in [5.41, 5.74) is 11.9. The fraction of sp³-hybridized carbons (Fsp3) is 0.100. The number of benzene rings is 4. The molecule has 0 spiro atoms. The van der Waals surface area contributed by atoms with Gasteiger partial charge in [0.2, 0.25) is 5.91 Å². The zero-order valence-electron chi connectivity index (χ0n) is 18.4. The first-order valence-electron chi connectivity index (χ1n) is 11.2. The van der Waals surface area contributed by atoms with Crippen LogP contribution in [0.2, 0.25) is 0 Å². The molecule has 0 bridgehead atoms. The van der Waals surface area contributed by atoms with Crippen molar-refractivity contribution < 1.29 is 4.79 Å². The summed E-state index contributed by atoms with van der Waals surface area (Å²) in [6.07, 6.45) is 0.785. The van der Waals surface area contributed by atoms with Crippen molar-refractivity contribution in [1.82, 2.24) is 10.9 Å². The molecule has 0 aromatic heterocycles. The number of hydrogen-bond donors (Lipinski definition) is 2. The van der Waals surface area contributed by atoms with E-state index < -0.39 is 0 Å². The minimum atomic E-state index is -0.285. The molecule has 4 aromatic rings. The normalized spacial score (nSPS) is 15.9. The van der Waals surface area contributed by atoms with Gasteiger partial charge in [-0.15, -0.1) is 0 Å². The van der Waals surface area contributed by atoms with E-state index in [1.54, 1.807) is 0 Å². The Morgan fingerprint density at radius 1 is 0.667 bits per heavy atom. The summed E-state index contributed by atoms with van der Waals surface area (Å²) in [6, 6.07) is 39.0. The number of carbonyl (C=O) groups is 1. The van der Waals surface area contributed by atoms with Crippen molar-refractivity contribution in [2.45, 2.75) is 11.8 Å². The lowest BCUT2D eigenvalue weighted by Crippen LogP contribution is -2.38. The van der Waals surface area contributed by atoms with Crippen molar-refractivity contribution in [3.8, 4) is 11.1 Å². The highest BCUT2D eigenvalue weighted by atomic mass is 16.2. The molecule has 1 aliphatic rings. The molecule has 2 N–H and O–H groups in total. The van der Waals surface area contributed by atoms with Crippen molar-refractivity contribution in [3.63, 3.8) is 0 Å². The maximum atomic E-state index is 13.1. The highest BCUT2D eigenvalue weighted by molar-refractivity contribution is 5.86. The van der Waals surface area contributed by atoms with Gasteiger partial charge < -0.3 is 0 Å². The van der Waals surface area contributed by atoms with Gasteiger partial charge in [-0.2, -0.15) is 0 Å². The maximum Gasteiger partial charge on any atom is 0.242 e. The van der Waals surface area contributed by atoms with Crippen LogP contribution in [0.15, 0.2) is 122 Å². The first-order chi connectivity index (χ1) is 16.2. The van der Waals surface area contributed by atoms with Crippen LogP contribution >= 0.6 is 0 Å². The SMILES string of the molecule is C=C(NNC(=O)[C@@H]1CC1(c1ccccc1)c1ccccc1)c1ccc(-c2ccccc2)cc1. The maximum absolute atomic E-state index is 13.1. The van der Waals surface area contributed by atoms with Crippen LogP contribution in [0.4, 0.5) is 0 Å². The molecule has 0 radical (unpaired) electrons. The molecule has 162 valence electrons. The van der Waals surface area contributed by atoms with Crippen molar-refractivity contribution in [1.29, 1.82) is 0 Å². The number of amides is 1. The molecule has 1 amide bonds. The number of hydrogen-bond acceptors (Lipinski definition) is 2. The molecular formula is C30H26N2O. The molecule has 4 aromatic carbocycles. The van der Waals surface area contributed by atoms with Crippen molar-refractivity contribution in [2.24, 2.45) is 5.92 Å². The monoisotopic (exact) mass is 430 g/mol. The Balaban J connectivity index is 1.27. The molecule has 0 unspecified atom stereocenters. The molecule has 33 heavy (non-hydrogen) atoms. The second-order valence-corrected chi connectivity index (χ2v) is 8.50. The third kappa shape index (κ3) is 4.06. The minimum absolute atomic E-state index is 0.0234. The summed E-state index contributed by atoms with van der Waals surface area (Å²) in [6.45, 7) is 4.11. The Kier molecular flexibility index (Phi) is 5.54. The van der Waals surface area contributed by atoms with Gasteiger partial charge in [0.25, 0.3) is 0 Å². The van der Waals surface area contributed by atoms with Gasteiger partial charge in [0.05, 0.1) is 11.6 Å². The van der Waals surface area contributed by atoms with Crippen LogP contribution in [0.25, 0.3) is 16.8 Å². The van der Waals surface area contributed by atoms with Crippen LogP contribution < -0.4 is 10.9 Å². The Morgan fingerprint density at radius 3 is 1.70 bits per heavy atom. The van der Waals surface area contributed by atoms with E-state index in [4.69, 9.17) is 0 Å². The predicted molar refractivity (Wildman–Crippen MR) is 134 cm³/mol. The van der Waals surface area contributed by atoms with Gasteiger partial charge in [-0.1, -0.05) is 122 Å². The second-order valence-electron chi connectivity index (χ2n) is 8.50. The second kappa shape index (κ2) is 8.79. The number of rotatable bonds is 7. The lowest BCUT2D eigenvalue weighted by Gasteiger charge is -2.19. The molecule has 0 aliphatic heterocycles. The van der Waals surface area contributed by atoms with E-state index in [1.165, 1.54) is 16.7 Å². The Hall–Kier alpha value is -4.11. The largest absolute Gasteiger partial charge is 0.299 e. The number of carbonyl (C=O) groups excluding carboxylic acids is 1. The zero-order valence-corrected chi connectivity index (χ0v) is 18.4.